The molecule has 0 spiro atoms. The van der Waals surface area contributed by atoms with Gasteiger partial charge in [0.1, 0.15) is 11.1 Å². The van der Waals surface area contributed by atoms with Gasteiger partial charge < -0.3 is 15.4 Å². The summed E-state index contributed by atoms with van der Waals surface area (Å²) in [4.78, 5) is 24.9. The summed E-state index contributed by atoms with van der Waals surface area (Å²) in [6.07, 6.45) is -2.47. The topological polar surface area (TPSA) is 91.2 Å². The van der Waals surface area contributed by atoms with Gasteiger partial charge in [-0.1, -0.05) is 6.92 Å². The molecule has 0 saturated carbocycles. The Morgan fingerprint density at radius 2 is 1.93 bits per heavy atom. The summed E-state index contributed by atoms with van der Waals surface area (Å²) >= 11 is 1.01. The van der Waals surface area contributed by atoms with E-state index in [2.05, 4.69) is 10.1 Å². The Bertz CT molecular complexity index is 770. The number of hydrogen-bond acceptors (Lipinski definition) is 6. The average molecular weight is 403 g/mol. The number of carbonyl (C=O) groups excluding carboxylic acids is 2. The van der Waals surface area contributed by atoms with E-state index in [1.807, 2.05) is 6.07 Å². The second-order valence-corrected chi connectivity index (χ2v) is 7.13. The summed E-state index contributed by atoms with van der Waals surface area (Å²) in [5.74, 6) is -2.65. The number of nitrogens with zero attached hydrogens (tertiary/aromatic N) is 1. The van der Waals surface area contributed by atoms with Crippen LogP contribution in [-0.4, -0.2) is 30.3 Å². The third-order valence-electron chi connectivity index (χ3n) is 4.24. The van der Waals surface area contributed by atoms with Gasteiger partial charge >= 0.3 is 17.8 Å². The molecule has 6 nitrogen and oxygen atoms in total. The molecule has 0 fully saturated rings. The van der Waals surface area contributed by atoms with Gasteiger partial charge in [-0.3, -0.25) is 4.79 Å². The number of rotatable bonds is 6. The van der Waals surface area contributed by atoms with Gasteiger partial charge in [0.05, 0.1) is 12.2 Å². The Morgan fingerprint density at radius 1 is 1.26 bits per heavy atom. The van der Waals surface area contributed by atoms with Gasteiger partial charge in [-0.2, -0.15) is 18.4 Å². The highest BCUT2D eigenvalue weighted by atomic mass is 32.1. The van der Waals surface area contributed by atoms with Crippen LogP contribution in [-0.2, 0) is 27.2 Å². The first-order chi connectivity index (χ1) is 12.7. The van der Waals surface area contributed by atoms with Crippen LogP contribution in [0.15, 0.2) is 0 Å². The van der Waals surface area contributed by atoms with Crippen molar-refractivity contribution in [3.8, 4) is 6.07 Å². The predicted octanol–water partition coefficient (Wildman–Crippen LogP) is 3.26. The van der Waals surface area contributed by atoms with E-state index in [0.717, 1.165) is 29.1 Å². The highest BCUT2D eigenvalue weighted by molar-refractivity contribution is 7.16. The van der Waals surface area contributed by atoms with Crippen LogP contribution in [0.4, 0.5) is 18.2 Å². The van der Waals surface area contributed by atoms with Crippen LogP contribution in [0.2, 0.25) is 0 Å². The van der Waals surface area contributed by atoms with Gasteiger partial charge in [0.25, 0.3) is 0 Å². The largest absolute Gasteiger partial charge is 0.463 e. The van der Waals surface area contributed by atoms with Gasteiger partial charge in [-0.15, -0.1) is 11.3 Å². The summed E-state index contributed by atoms with van der Waals surface area (Å²) in [6, 6.07) is 1.93. The standard InChI is InChI=1S/C17H20F3N3O3S/c1-3-13(24)22-16(17(18,19)20,15(25)26-4-2)23-14-11(9-21)10-7-5-6-8-12(10)27-14/h23H,3-8H2,1-2H3,(H,22,24)/t16-/m1/s1. The second-order valence-electron chi connectivity index (χ2n) is 6.02. The summed E-state index contributed by atoms with van der Waals surface area (Å²) in [5.41, 5.74) is -2.67. The lowest BCUT2D eigenvalue weighted by molar-refractivity contribution is -0.207. The van der Waals surface area contributed by atoms with E-state index in [0.29, 0.717) is 18.4 Å². The molecule has 2 N–H and O–H groups in total. The Balaban J connectivity index is 2.57. The maximum absolute atomic E-state index is 14.0. The van der Waals surface area contributed by atoms with Crippen molar-refractivity contribution < 1.29 is 27.5 Å². The summed E-state index contributed by atoms with van der Waals surface area (Å²) in [6.45, 7) is 2.43. The van der Waals surface area contributed by atoms with E-state index in [4.69, 9.17) is 0 Å². The van der Waals surface area contributed by atoms with E-state index < -0.39 is 23.7 Å². The van der Waals surface area contributed by atoms with Crippen molar-refractivity contribution in [2.24, 2.45) is 0 Å². The molecule has 1 aliphatic carbocycles. The van der Waals surface area contributed by atoms with Crippen molar-refractivity contribution in [3.05, 3.63) is 16.0 Å². The number of amides is 1. The van der Waals surface area contributed by atoms with Crippen LogP contribution in [0.25, 0.3) is 0 Å². The third kappa shape index (κ3) is 4.03. The molecule has 0 radical (unpaired) electrons. The molecule has 1 atom stereocenters. The number of fused-ring (bicyclic) bond motifs is 1. The van der Waals surface area contributed by atoms with Crippen molar-refractivity contribution in [1.82, 2.24) is 5.32 Å². The van der Waals surface area contributed by atoms with Gasteiger partial charge in [0.15, 0.2) is 0 Å². The first kappa shape index (κ1) is 21.0. The molecule has 10 heteroatoms. The number of carbonyl (C=O) groups is 2. The molecule has 0 unspecified atom stereocenters. The van der Waals surface area contributed by atoms with Gasteiger partial charge in [-0.25, -0.2) is 4.79 Å². The zero-order valence-electron chi connectivity index (χ0n) is 15.0. The molecule has 148 valence electrons. The molecule has 0 bridgehead atoms. The number of hydrogen-bond donors (Lipinski definition) is 2. The molecule has 1 amide bonds. The van der Waals surface area contributed by atoms with Crippen LogP contribution in [0.5, 0.6) is 0 Å². The Labute approximate surface area is 158 Å². The Hall–Kier alpha value is -2.28. The highest BCUT2D eigenvalue weighted by Crippen LogP contribution is 2.41. The maximum atomic E-state index is 14.0. The van der Waals surface area contributed by atoms with Crippen molar-refractivity contribution in [2.75, 3.05) is 11.9 Å². The number of ether oxygens (including phenoxy) is 1. The third-order valence-corrected chi connectivity index (χ3v) is 5.45. The summed E-state index contributed by atoms with van der Waals surface area (Å²) in [5, 5.41) is 13.2. The molecule has 0 aromatic carbocycles. The van der Waals surface area contributed by atoms with E-state index >= 15 is 0 Å². The summed E-state index contributed by atoms with van der Waals surface area (Å²) in [7, 11) is 0. The number of esters is 1. The molecule has 1 aliphatic rings. The number of alkyl halides is 3. The van der Waals surface area contributed by atoms with E-state index in [-0.39, 0.29) is 23.6 Å². The number of nitriles is 1. The monoisotopic (exact) mass is 403 g/mol. The molecule has 1 aromatic rings. The van der Waals surface area contributed by atoms with Gasteiger partial charge in [0, 0.05) is 11.3 Å². The molecule has 2 rings (SSSR count). The van der Waals surface area contributed by atoms with Gasteiger partial charge in [0.2, 0.25) is 5.91 Å². The fraction of sp³-hybridized carbons (Fsp3) is 0.588. The van der Waals surface area contributed by atoms with Crippen molar-refractivity contribution in [3.63, 3.8) is 0 Å². The lowest BCUT2D eigenvalue weighted by atomic mass is 9.96. The van der Waals surface area contributed by atoms with E-state index in [1.165, 1.54) is 13.8 Å². The Morgan fingerprint density at radius 3 is 2.48 bits per heavy atom. The molecule has 1 aromatic heterocycles. The van der Waals surface area contributed by atoms with Gasteiger partial charge in [-0.05, 0) is 38.2 Å². The van der Waals surface area contributed by atoms with Crippen molar-refractivity contribution >= 4 is 28.2 Å². The SMILES string of the molecule is CCOC(=O)[C@@](NC(=O)CC)(Nc1sc2c(c1C#N)CCCC2)C(F)(F)F. The fourth-order valence-electron chi connectivity index (χ4n) is 2.87. The lowest BCUT2D eigenvalue weighted by Gasteiger charge is -2.34. The van der Waals surface area contributed by atoms with E-state index in [1.54, 1.807) is 5.32 Å². The number of anilines is 1. The van der Waals surface area contributed by atoms with Crippen molar-refractivity contribution in [2.45, 2.75) is 57.8 Å². The fourth-order valence-corrected chi connectivity index (χ4v) is 4.17. The summed E-state index contributed by atoms with van der Waals surface area (Å²) < 4.78 is 46.6. The minimum Gasteiger partial charge on any atom is -0.463 e. The smallest absolute Gasteiger partial charge is 0.441 e. The van der Waals surface area contributed by atoms with Crippen LogP contribution in [0.1, 0.15) is 49.1 Å². The second kappa shape index (κ2) is 8.17. The van der Waals surface area contributed by atoms with Crippen LogP contribution in [0, 0.1) is 11.3 Å². The number of thiophene rings is 1. The van der Waals surface area contributed by atoms with Crippen LogP contribution >= 0.6 is 11.3 Å². The first-order valence-corrected chi connectivity index (χ1v) is 9.39. The first-order valence-electron chi connectivity index (χ1n) is 8.57. The lowest BCUT2D eigenvalue weighted by Crippen LogP contribution is -2.69. The quantitative estimate of drug-likeness (QED) is 0.562. The highest BCUT2D eigenvalue weighted by Gasteiger charge is 2.64. The number of halogens is 3. The number of aryl methyl sites for hydroxylation is 1. The molecule has 27 heavy (non-hydrogen) atoms. The number of nitrogens with one attached hydrogen (secondary N) is 2. The zero-order valence-corrected chi connectivity index (χ0v) is 15.8. The maximum Gasteiger partial charge on any atom is 0.441 e. The average Bonchev–Trinajstić information content (AvgIpc) is 2.96. The zero-order chi connectivity index (χ0) is 20.2. The Kier molecular flexibility index (Phi) is 6.36. The molecule has 0 saturated heterocycles. The van der Waals surface area contributed by atoms with Crippen molar-refractivity contribution in [1.29, 1.82) is 5.26 Å². The molecule has 1 heterocycles. The van der Waals surface area contributed by atoms with Crippen LogP contribution < -0.4 is 10.6 Å². The molecular formula is C17H20F3N3O3S. The molecular weight excluding hydrogens is 383 g/mol. The minimum absolute atomic E-state index is 0.0818. The van der Waals surface area contributed by atoms with Crippen LogP contribution in [0.3, 0.4) is 0 Å². The van der Waals surface area contributed by atoms with E-state index in [9.17, 15) is 28.0 Å². The minimum atomic E-state index is -5.19. The molecule has 0 aliphatic heterocycles. The normalized spacial score (nSPS) is 15.9. The predicted molar refractivity (Wildman–Crippen MR) is 93.2 cm³/mol.